The number of rotatable bonds is 9. The van der Waals surface area contributed by atoms with Gasteiger partial charge in [-0.05, 0) is 48.4 Å². The third-order valence-corrected chi connectivity index (χ3v) is 5.89. The lowest BCUT2D eigenvalue weighted by Gasteiger charge is -2.17. The number of hydrogen-bond acceptors (Lipinski definition) is 4. The van der Waals surface area contributed by atoms with E-state index in [9.17, 15) is 17.6 Å². The molecule has 8 heteroatoms. The van der Waals surface area contributed by atoms with Crippen molar-refractivity contribution in [1.29, 1.82) is 0 Å². The molecule has 0 saturated heterocycles. The van der Waals surface area contributed by atoms with Gasteiger partial charge in [-0.3, -0.25) is 4.79 Å². The number of methoxy groups -OCH3 is 1. The van der Waals surface area contributed by atoms with Crippen molar-refractivity contribution in [3.05, 3.63) is 59.9 Å². The van der Waals surface area contributed by atoms with E-state index in [4.69, 9.17) is 4.74 Å². The summed E-state index contributed by atoms with van der Waals surface area (Å²) < 4.78 is 44.0. The van der Waals surface area contributed by atoms with E-state index >= 15 is 0 Å². The number of nitrogens with zero attached hydrogens (tertiary/aromatic N) is 1. The number of amides is 1. The Hall–Kier alpha value is -2.45. The van der Waals surface area contributed by atoms with E-state index < -0.39 is 15.8 Å². The lowest BCUT2D eigenvalue weighted by Crippen LogP contribution is -2.29. The van der Waals surface area contributed by atoms with Gasteiger partial charge in [0.15, 0.2) is 0 Å². The van der Waals surface area contributed by atoms with E-state index in [0.717, 1.165) is 27.8 Å². The molecule has 2 rings (SSSR count). The van der Waals surface area contributed by atoms with Crippen molar-refractivity contribution >= 4 is 15.9 Å². The van der Waals surface area contributed by atoms with Crippen molar-refractivity contribution in [2.45, 2.75) is 24.3 Å². The van der Waals surface area contributed by atoms with Crippen LogP contribution in [0.4, 0.5) is 4.39 Å². The van der Waals surface area contributed by atoms with Crippen LogP contribution in [0.2, 0.25) is 0 Å². The number of carbonyl (C=O) groups excluding carboxylic acids is 1. The summed E-state index contributed by atoms with van der Waals surface area (Å²) in [5.74, 6) is 0.0593. The molecule has 27 heavy (non-hydrogen) atoms. The average molecular weight is 394 g/mol. The molecule has 0 aromatic heterocycles. The molecular weight excluding hydrogens is 371 g/mol. The first kappa shape index (κ1) is 20.9. The molecule has 2 aromatic carbocycles. The van der Waals surface area contributed by atoms with Crippen LogP contribution in [0.25, 0.3) is 0 Å². The molecule has 0 heterocycles. The van der Waals surface area contributed by atoms with Crippen molar-refractivity contribution in [2.24, 2.45) is 0 Å². The monoisotopic (exact) mass is 394 g/mol. The molecule has 0 atom stereocenters. The predicted octanol–water partition coefficient (Wildman–Crippen LogP) is 2.55. The van der Waals surface area contributed by atoms with Gasteiger partial charge in [0, 0.05) is 26.6 Å². The summed E-state index contributed by atoms with van der Waals surface area (Å²) in [5.41, 5.74) is 0.915. The number of carbonyl (C=O) groups is 1. The second kappa shape index (κ2) is 9.48. The first-order chi connectivity index (χ1) is 12.8. The van der Waals surface area contributed by atoms with E-state index in [1.807, 2.05) is 24.3 Å². The van der Waals surface area contributed by atoms with Crippen LogP contribution in [0.5, 0.6) is 5.75 Å². The Balaban J connectivity index is 1.79. The minimum absolute atomic E-state index is 0.0221. The van der Waals surface area contributed by atoms with Gasteiger partial charge in [-0.15, -0.1) is 0 Å². The summed E-state index contributed by atoms with van der Waals surface area (Å²) in [5, 5.41) is 2.80. The van der Waals surface area contributed by atoms with Crippen molar-refractivity contribution in [1.82, 2.24) is 9.62 Å². The normalized spacial score (nSPS) is 11.4. The number of sulfonamides is 1. The van der Waals surface area contributed by atoms with Crippen LogP contribution in [0.1, 0.15) is 18.4 Å². The van der Waals surface area contributed by atoms with Crippen LogP contribution < -0.4 is 10.1 Å². The number of ether oxygens (including phenoxy) is 1. The van der Waals surface area contributed by atoms with E-state index in [1.165, 1.54) is 19.2 Å². The fourth-order valence-electron chi connectivity index (χ4n) is 2.44. The zero-order valence-electron chi connectivity index (χ0n) is 15.3. The standard InChI is InChI=1S/C19H23FN2O4S/c1-22(27(24,25)18-10-8-16(20)9-11-18)12-4-7-19(23)21-14-15-5-3-6-17(13-15)26-2/h3,5-6,8-11,13H,4,7,12,14H2,1-2H3,(H,21,23). The largest absolute Gasteiger partial charge is 0.497 e. The van der Waals surface area contributed by atoms with Crippen molar-refractivity contribution in [2.75, 3.05) is 20.7 Å². The highest BCUT2D eigenvalue weighted by atomic mass is 32.2. The zero-order valence-corrected chi connectivity index (χ0v) is 16.1. The van der Waals surface area contributed by atoms with E-state index in [-0.39, 0.29) is 23.8 Å². The van der Waals surface area contributed by atoms with Gasteiger partial charge < -0.3 is 10.1 Å². The fourth-order valence-corrected chi connectivity index (χ4v) is 3.65. The Bertz CT molecular complexity index is 870. The third-order valence-electron chi connectivity index (χ3n) is 4.02. The smallest absolute Gasteiger partial charge is 0.242 e. The summed E-state index contributed by atoms with van der Waals surface area (Å²) in [4.78, 5) is 12.0. The Morgan fingerprint density at radius 2 is 1.89 bits per heavy atom. The maximum Gasteiger partial charge on any atom is 0.242 e. The summed E-state index contributed by atoms with van der Waals surface area (Å²) in [6.45, 7) is 0.562. The van der Waals surface area contributed by atoms with Crippen LogP contribution in [0.15, 0.2) is 53.4 Å². The second-order valence-electron chi connectivity index (χ2n) is 6.01. The first-order valence-electron chi connectivity index (χ1n) is 8.44. The number of hydrogen-bond donors (Lipinski definition) is 1. The Morgan fingerprint density at radius 1 is 1.19 bits per heavy atom. The highest BCUT2D eigenvalue weighted by Gasteiger charge is 2.20. The quantitative estimate of drug-likeness (QED) is 0.709. The summed E-state index contributed by atoms with van der Waals surface area (Å²) >= 11 is 0. The summed E-state index contributed by atoms with van der Waals surface area (Å²) in [6, 6.07) is 12.0. The molecule has 0 aliphatic heterocycles. The SMILES string of the molecule is COc1cccc(CNC(=O)CCCN(C)S(=O)(=O)c2ccc(F)cc2)c1. The van der Waals surface area contributed by atoms with Gasteiger partial charge >= 0.3 is 0 Å². The maximum absolute atomic E-state index is 12.9. The van der Waals surface area contributed by atoms with Crippen molar-refractivity contribution in [3.8, 4) is 5.75 Å². The van der Waals surface area contributed by atoms with Crippen molar-refractivity contribution in [3.63, 3.8) is 0 Å². The van der Waals surface area contributed by atoms with Gasteiger partial charge in [-0.2, -0.15) is 0 Å². The van der Waals surface area contributed by atoms with Gasteiger partial charge in [0.1, 0.15) is 11.6 Å². The molecule has 2 aromatic rings. The number of halogens is 1. The zero-order chi connectivity index (χ0) is 19.9. The molecule has 146 valence electrons. The first-order valence-corrected chi connectivity index (χ1v) is 9.88. The van der Waals surface area contributed by atoms with Gasteiger partial charge in [-0.1, -0.05) is 12.1 Å². The Morgan fingerprint density at radius 3 is 2.56 bits per heavy atom. The summed E-state index contributed by atoms with van der Waals surface area (Å²) in [7, 11) is -0.681. The molecule has 0 bridgehead atoms. The molecule has 1 N–H and O–H groups in total. The number of benzene rings is 2. The predicted molar refractivity (Wildman–Crippen MR) is 100 cm³/mol. The van der Waals surface area contributed by atoms with E-state index in [2.05, 4.69) is 5.32 Å². The van der Waals surface area contributed by atoms with Crippen molar-refractivity contribution < 1.29 is 22.3 Å². The van der Waals surface area contributed by atoms with E-state index in [1.54, 1.807) is 7.11 Å². The minimum atomic E-state index is -3.70. The lowest BCUT2D eigenvalue weighted by molar-refractivity contribution is -0.121. The van der Waals surface area contributed by atoms with Gasteiger partial charge in [0.05, 0.1) is 12.0 Å². The van der Waals surface area contributed by atoms with Crippen LogP contribution in [-0.4, -0.2) is 39.3 Å². The summed E-state index contributed by atoms with van der Waals surface area (Å²) in [6.07, 6.45) is 0.577. The third kappa shape index (κ3) is 6.04. The topological polar surface area (TPSA) is 75.7 Å². The number of nitrogens with one attached hydrogen (secondary N) is 1. The molecule has 0 aliphatic carbocycles. The van der Waals surface area contributed by atoms with E-state index in [0.29, 0.717) is 13.0 Å². The minimum Gasteiger partial charge on any atom is -0.497 e. The van der Waals surface area contributed by atoms with Crippen LogP contribution >= 0.6 is 0 Å². The van der Waals surface area contributed by atoms with Gasteiger partial charge in [0.2, 0.25) is 15.9 Å². The van der Waals surface area contributed by atoms with Crippen LogP contribution in [-0.2, 0) is 21.4 Å². The molecular formula is C19H23FN2O4S. The molecule has 0 spiro atoms. The lowest BCUT2D eigenvalue weighted by atomic mass is 10.2. The maximum atomic E-state index is 12.9. The molecule has 0 fully saturated rings. The molecule has 6 nitrogen and oxygen atoms in total. The fraction of sp³-hybridized carbons (Fsp3) is 0.316. The second-order valence-corrected chi connectivity index (χ2v) is 8.06. The molecule has 0 aliphatic rings. The van der Waals surface area contributed by atoms with Crippen LogP contribution in [0.3, 0.4) is 0 Å². The van der Waals surface area contributed by atoms with Gasteiger partial charge in [0.25, 0.3) is 0 Å². The van der Waals surface area contributed by atoms with Gasteiger partial charge in [-0.25, -0.2) is 17.1 Å². The molecule has 0 saturated carbocycles. The highest BCUT2D eigenvalue weighted by Crippen LogP contribution is 2.15. The highest BCUT2D eigenvalue weighted by molar-refractivity contribution is 7.89. The molecule has 1 amide bonds. The van der Waals surface area contributed by atoms with Crippen LogP contribution in [0, 0.1) is 5.82 Å². The average Bonchev–Trinajstić information content (AvgIpc) is 2.66. The Kier molecular flexibility index (Phi) is 7.32. The molecule has 0 radical (unpaired) electrons. The Labute approximate surface area is 159 Å². The molecule has 0 unspecified atom stereocenters.